The number of aliphatic hydroxyl groups is 1. The second-order valence-electron chi connectivity index (χ2n) is 4.76. The third-order valence-corrected chi connectivity index (χ3v) is 3.57. The number of carbonyl (C=O) groups excluding carboxylic acids is 2. The Labute approximate surface area is 114 Å². The molecule has 0 bridgehead atoms. The monoisotopic (exact) mass is 278 g/mol. The number of benzene rings is 1. The van der Waals surface area contributed by atoms with Gasteiger partial charge < -0.3 is 25.2 Å². The molecular weight excluding hydrogens is 264 g/mol. The fourth-order valence-corrected chi connectivity index (χ4v) is 2.71. The summed E-state index contributed by atoms with van der Waals surface area (Å²) in [7, 11) is 0. The lowest BCUT2D eigenvalue weighted by molar-refractivity contribution is -0.142. The quantitative estimate of drug-likeness (QED) is 0.776. The molecule has 106 valence electrons. The lowest BCUT2D eigenvalue weighted by atomic mass is 10.1. The van der Waals surface area contributed by atoms with E-state index in [1.807, 2.05) is 30.3 Å². The summed E-state index contributed by atoms with van der Waals surface area (Å²) in [6.45, 7) is 0.181. The lowest BCUT2D eigenvalue weighted by Crippen LogP contribution is -2.39. The van der Waals surface area contributed by atoms with Gasteiger partial charge in [0.1, 0.15) is 0 Å². The van der Waals surface area contributed by atoms with E-state index < -0.39 is 36.5 Å². The minimum absolute atomic E-state index is 0.181. The van der Waals surface area contributed by atoms with Crippen molar-refractivity contribution in [1.29, 1.82) is 0 Å². The molecular formula is C13H14N2O5. The summed E-state index contributed by atoms with van der Waals surface area (Å²) in [4.78, 5) is 24.4. The van der Waals surface area contributed by atoms with Gasteiger partial charge in [-0.05, 0) is 0 Å². The van der Waals surface area contributed by atoms with Crippen LogP contribution in [0.2, 0.25) is 0 Å². The van der Waals surface area contributed by atoms with Crippen LogP contribution in [0.25, 0.3) is 0 Å². The van der Waals surface area contributed by atoms with E-state index in [9.17, 15) is 14.7 Å². The van der Waals surface area contributed by atoms with Gasteiger partial charge in [0.25, 0.3) is 5.91 Å². The van der Waals surface area contributed by atoms with Crippen LogP contribution in [0.4, 0.5) is 4.79 Å². The van der Waals surface area contributed by atoms with Gasteiger partial charge in [-0.3, -0.25) is 4.79 Å². The maximum absolute atomic E-state index is 12.1. The zero-order valence-corrected chi connectivity index (χ0v) is 10.5. The van der Waals surface area contributed by atoms with Gasteiger partial charge in [0.2, 0.25) is 0 Å². The first-order valence-corrected chi connectivity index (χ1v) is 6.22. The molecule has 0 saturated carbocycles. The van der Waals surface area contributed by atoms with Crippen molar-refractivity contribution >= 4 is 12.0 Å². The van der Waals surface area contributed by atoms with E-state index in [2.05, 4.69) is 0 Å². The Morgan fingerprint density at radius 3 is 2.75 bits per heavy atom. The fraction of sp³-hybridized carbons (Fsp3) is 0.385. The average molecular weight is 278 g/mol. The van der Waals surface area contributed by atoms with Crippen LogP contribution in [-0.2, 0) is 14.3 Å². The molecule has 2 aliphatic heterocycles. The van der Waals surface area contributed by atoms with Crippen LogP contribution >= 0.6 is 0 Å². The predicted molar refractivity (Wildman–Crippen MR) is 66.2 cm³/mol. The molecule has 2 amide bonds. The summed E-state index contributed by atoms with van der Waals surface area (Å²) in [5.41, 5.74) is 5.77. The Hall–Kier alpha value is -2.12. The van der Waals surface area contributed by atoms with Crippen LogP contribution in [-0.4, -0.2) is 46.9 Å². The third kappa shape index (κ3) is 1.91. The first-order chi connectivity index (χ1) is 9.59. The number of rotatable bonds is 2. The fourth-order valence-electron chi connectivity index (χ4n) is 2.71. The van der Waals surface area contributed by atoms with Crippen molar-refractivity contribution in [2.75, 3.05) is 6.61 Å². The van der Waals surface area contributed by atoms with Crippen molar-refractivity contribution < 1.29 is 24.2 Å². The summed E-state index contributed by atoms with van der Waals surface area (Å²) >= 11 is 0. The van der Waals surface area contributed by atoms with Crippen LogP contribution in [0.5, 0.6) is 0 Å². The van der Waals surface area contributed by atoms with Crippen molar-refractivity contribution in [3.05, 3.63) is 35.9 Å². The highest BCUT2D eigenvalue weighted by molar-refractivity contribution is 5.85. The Morgan fingerprint density at radius 1 is 1.40 bits per heavy atom. The van der Waals surface area contributed by atoms with Crippen molar-refractivity contribution in [3.8, 4) is 0 Å². The lowest BCUT2D eigenvalue weighted by Gasteiger charge is -2.22. The molecule has 2 aliphatic rings. The predicted octanol–water partition coefficient (Wildman–Crippen LogP) is -0.249. The van der Waals surface area contributed by atoms with Gasteiger partial charge in [-0.15, -0.1) is 0 Å². The average Bonchev–Trinajstić information content (AvgIpc) is 2.96. The van der Waals surface area contributed by atoms with Crippen LogP contribution < -0.4 is 5.73 Å². The van der Waals surface area contributed by atoms with Gasteiger partial charge in [-0.25, -0.2) is 4.79 Å². The molecule has 2 fully saturated rings. The Balaban J connectivity index is 1.88. The van der Waals surface area contributed by atoms with Gasteiger partial charge in [-0.2, -0.15) is 0 Å². The van der Waals surface area contributed by atoms with E-state index in [1.165, 1.54) is 4.90 Å². The maximum Gasteiger partial charge on any atom is 0.404 e. The number of fused-ring (bicyclic) bond motifs is 1. The molecule has 20 heavy (non-hydrogen) atoms. The Morgan fingerprint density at radius 2 is 2.10 bits per heavy atom. The summed E-state index contributed by atoms with van der Waals surface area (Å²) in [5, 5.41) is 9.90. The molecule has 1 aromatic carbocycles. The molecule has 7 nitrogen and oxygen atoms in total. The third-order valence-electron chi connectivity index (χ3n) is 3.57. The van der Waals surface area contributed by atoms with E-state index in [1.54, 1.807) is 0 Å². The van der Waals surface area contributed by atoms with E-state index in [4.69, 9.17) is 15.2 Å². The number of hydrogen-bond donors (Lipinski definition) is 2. The molecule has 2 heterocycles. The number of amides is 2. The minimum Gasteiger partial charge on any atom is -0.441 e. The largest absolute Gasteiger partial charge is 0.441 e. The van der Waals surface area contributed by atoms with Gasteiger partial charge in [-0.1, -0.05) is 30.3 Å². The Bertz CT molecular complexity index is 535. The summed E-state index contributed by atoms with van der Waals surface area (Å²) in [6.07, 6.45) is -3.99. The van der Waals surface area contributed by atoms with Crippen molar-refractivity contribution in [3.63, 3.8) is 0 Å². The molecule has 3 N–H and O–H groups in total. The standard InChI is InChI=1S/C13H14N2O5/c14-13(18)20-10-8-6-19-12(7-4-2-1-3-5-7)15(8)11(17)9(10)16/h1-5,8-10,12,16H,6H2,(H2,14,18)/t8-,9-,10-,12-/m0/s1. The van der Waals surface area contributed by atoms with Crippen LogP contribution in [0.3, 0.4) is 0 Å². The van der Waals surface area contributed by atoms with Gasteiger partial charge in [0, 0.05) is 5.56 Å². The van der Waals surface area contributed by atoms with Crippen LogP contribution in [0, 0.1) is 0 Å². The van der Waals surface area contributed by atoms with Crippen LogP contribution in [0.1, 0.15) is 11.8 Å². The number of nitrogens with zero attached hydrogens (tertiary/aromatic N) is 1. The number of nitrogens with two attached hydrogens (primary N) is 1. The molecule has 0 unspecified atom stereocenters. The normalized spacial score (nSPS) is 32.2. The molecule has 7 heteroatoms. The summed E-state index contributed by atoms with van der Waals surface area (Å²) in [6, 6.07) is 8.66. The van der Waals surface area contributed by atoms with E-state index >= 15 is 0 Å². The van der Waals surface area contributed by atoms with E-state index in [0.29, 0.717) is 0 Å². The first kappa shape index (κ1) is 12.9. The maximum atomic E-state index is 12.1. The zero-order valence-electron chi connectivity index (χ0n) is 10.5. The zero-order chi connectivity index (χ0) is 14.3. The molecule has 3 rings (SSSR count). The SMILES string of the molecule is NC(=O)O[C@@H]1[C@H](O)C(=O)N2[C@H](c3ccccc3)OC[C@@H]12. The number of aliphatic hydroxyl groups excluding tert-OH is 1. The summed E-state index contributed by atoms with van der Waals surface area (Å²) < 4.78 is 10.4. The minimum atomic E-state index is -1.40. The van der Waals surface area contributed by atoms with Crippen molar-refractivity contribution in [1.82, 2.24) is 4.90 Å². The highest BCUT2D eigenvalue weighted by atomic mass is 16.6. The Kier molecular flexibility index (Phi) is 3.07. The van der Waals surface area contributed by atoms with Gasteiger partial charge in [0.05, 0.1) is 12.6 Å². The molecule has 0 aliphatic carbocycles. The topological polar surface area (TPSA) is 102 Å². The molecule has 0 radical (unpaired) electrons. The number of hydrogen-bond acceptors (Lipinski definition) is 5. The molecule has 2 saturated heterocycles. The first-order valence-electron chi connectivity index (χ1n) is 6.22. The second-order valence-corrected chi connectivity index (χ2v) is 4.76. The van der Waals surface area contributed by atoms with Crippen molar-refractivity contribution in [2.45, 2.75) is 24.5 Å². The van der Waals surface area contributed by atoms with Gasteiger partial charge in [0.15, 0.2) is 18.4 Å². The summed E-state index contributed by atoms with van der Waals surface area (Å²) in [5.74, 6) is -0.521. The molecule has 0 aromatic heterocycles. The smallest absolute Gasteiger partial charge is 0.404 e. The molecule has 0 spiro atoms. The molecule has 1 aromatic rings. The van der Waals surface area contributed by atoms with Crippen LogP contribution in [0.15, 0.2) is 30.3 Å². The molecule has 4 atom stereocenters. The van der Waals surface area contributed by atoms with E-state index in [0.717, 1.165) is 5.56 Å². The number of ether oxygens (including phenoxy) is 2. The highest BCUT2D eigenvalue weighted by Gasteiger charge is 2.56. The van der Waals surface area contributed by atoms with E-state index in [-0.39, 0.29) is 6.61 Å². The van der Waals surface area contributed by atoms with Crippen molar-refractivity contribution in [2.24, 2.45) is 5.73 Å². The number of carbonyl (C=O) groups is 2. The van der Waals surface area contributed by atoms with Gasteiger partial charge >= 0.3 is 6.09 Å². The highest BCUT2D eigenvalue weighted by Crippen LogP contribution is 2.38. The number of primary amides is 1. The second kappa shape index (κ2) is 4.77.